The van der Waals surface area contributed by atoms with Gasteiger partial charge >= 0.3 is 5.97 Å². The zero-order chi connectivity index (χ0) is 15.2. The maximum absolute atomic E-state index is 12.6. The third kappa shape index (κ3) is 2.61. The van der Waals surface area contributed by atoms with Crippen molar-refractivity contribution < 1.29 is 22.7 Å². The van der Waals surface area contributed by atoms with Crippen molar-refractivity contribution in [1.29, 1.82) is 0 Å². The van der Waals surface area contributed by atoms with Crippen LogP contribution in [0.2, 0.25) is 0 Å². The lowest BCUT2D eigenvalue weighted by Gasteiger charge is -2.20. The molecule has 2 bridgehead atoms. The molecule has 0 radical (unpaired) electrons. The zero-order valence-electron chi connectivity index (χ0n) is 11.8. The van der Waals surface area contributed by atoms with Crippen molar-refractivity contribution in [3.8, 4) is 0 Å². The van der Waals surface area contributed by atoms with Crippen molar-refractivity contribution in [2.45, 2.75) is 49.3 Å². The summed E-state index contributed by atoms with van der Waals surface area (Å²) in [6.07, 6.45) is 2.68. The first-order chi connectivity index (χ1) is 9.92. The Hall–Kier alpha value is -0.960. The highest BCUT2D eigenvalue weighted by atomic mass is 32.2. The average molecular weight is 331 g/mol. The summed E-state index contributed by atoms with van der Waals surface area (Å²) in [5.41, 5.74) is 0.553. The minimum atomic E-state index is -3.76. The molecule has 3 atom stereocenters. The number of methoxy groups -OCH3 is 1. The predicted molar refractivity (Wildman–Crippen MR) is 77.0 cm³/mol. The molecule has 3 unspecified atom stereocenters. The fourth-order valence-electron chi connectivity index (χ4n) is 3.02. The van der Waals surface area contributed by atoms with E-state index >= 15 is 0 Å². The Balaban J connectivity index is 1.88. The van der Waals surface area contributed by atoms with Crippen LogP contribution in [0.1, 0.15) is 34.5 Å². The first-order valence-electron chi connectivity index (χ1n) is 6.76. The Kier molecular flexibility index (Phi) is 3.81. The quantitative estimate of drug-likeness (QED) is 0.844. The van der Waals surface area contributed by atoms with Gasteiger partial charge in [0.1, 0.15) is 9.77 Å². The van der Waals surface area contributed by atoms with Gasteiger partial charge in [-0.05, 0) is 37.1 Å². The summed E-state index contributed by atoms with van der Waals surface area (Å²) in [6.45, 7) is 1.68. The van der Waals surface area contributed by atoms with Gasteiger partial charge in [-0.3, -0.25) is 0 Å². The van der Waals surface area contributed by atoms with Gasteiger partial charge in [0.05, 0.1) is 25.4 Å². The molecule has 2 saturated heterocycles. The molecular weight excluding hydrogens is 314 g/mol. The van der Waals surface area contributed by atoms with E-state index in [1.165, 1.54) is 7.11 Å². The SMILES string of the molecule is COC(=O)c1scc(C)c1S(=O)(=O)NC1CC2CCC1O2. The van der Waals surface area contributed by atoms with Crippen LogP contribution in [-0.4, -0.2) is 39.7 Å². The summed E-state index contributed by atoms with van der Waals surface area (Å²) in [7, 11) is -2.52. The molecule has 0 aromatic carbocycles. The van der Waals surface area contributed by atoms with Gasteiger partial charge < -0.3 is 9.47 Å². The van der Waals surface area contributed by atoms with Crippen LogP contribution in [0.3, 0.4) is 0 Å². The number of hydrogen-bond acceptors (Lipinski definition) is 6. The number of carbonyl (C=O) groups is 1. The molecule has 8 heteroatoms. The number of rotatable bonds is 4. The molecule has 1 aromatic rings. The number of nitrogens with one attached hydrogen (secondary N) is 1. The normalized spacial score (nSPS) is 28.0. The van der Waals surface area contributed by atoms with Gasteiger partial charge in [-0.25, -0.2) is 17.9 Å². The molecule has 0 saturated carbocycles. The molecule has 2 fully saturated rings. The fraction of sp³-hybridized carbons (Fsp3) is 0.615. The van der Waals surface area contributed by atoms with Crippen molar-refractivity contribution in [2.24, 2.45) is 0 Å². The van der Waals surface area contributed by atoms with Crippen LogP contribution < -0.4 is 4.72 Å². The summed E-state index contributed by atoms with van der Waals surface area (Å²) in [6, 6.07) is -0.210. The molecule has 1 aromatic heterocycles. The highest BCUT2D eigenvalue weighted by Gasteiger charge is 2.43. The van der Waals surface area contributed by atoms with Gasteiger partial charge in [0.25, 0.3) is 0 Å². The van der Waals surface area contributed by atoms with Gasteiger partial charge in [-0.15, -0.1) is 11.3 Å². The highest BCUT2D eigenvalue weighted by Crippen LogP contribution is 2.36. The number of sulfonamides is 1. The Morgan fingerprint density at radius 2 is 2.24 bits per heavy atom. The molecule has 0 aliphatic carbocycles. The lowest BCUT2D eigenvalue weighted by molar-refractivity contribution is 0.0602. The van der Waals surface area contributed by atoms with E-state index in [1.807, 2.05) is 0 Å². The summed E-state index contributed by atoms with van der Waals surface area (Å²) < 4.78 is 38.3. The van der Waals surface area contributed by atoms with Crippen LogP contribution in [0.25, 0.3) is 0 Å². The zero-order valence-corrected chi connectivity index (χ0v) is 13.4. The van der Waals surface area contributed by atoms with Gasteiger partial charge in [0, 0.05) is 0 Å². The fourth-order valence-corrected chi connectivity index (χ4v) is 6.00. The average Bonchev–Trinajstić information content (AvgIpc) is 3.12. The second kappa shape index (κ2) is 5.35. The topological polar surface area (TPSA) is 81.7 Å². The predicted octanol–water partition coefficient (Wildman–Crippen LogP) is 1.44. The van der Waals surface area contributed by atoms with Crippen LogP contribution in [0.4, 0.5) is 0 Å². The number of fused-ring (bicyclic) bond motifs is 2. The van der Waals surface area contributed by atoms with Crippen molar-refractivity contribution in [2.75, 3.05) is 7.11 Å². The molecule has 0 spiro atoms. The third-order valence-electron chi connectivity index (χ3n) is 3.97. The summed E-state index contributed by atoms with van der Waals surface area (Å²) >= 11 is 1.08. The lowest BCUT2D eigenvalue weighted by Crippen LogP contribution is -2.41. The van der Waals surface area contributed by atoms with Crippen LogP contribution in [0.5, 0.6) is 0 Å². The summed E-state index contributed by atoms with van der Waals surface area (Å²) in [5.74, 6) is -0.627. The van der Waals surface area contributed by atoms with Gasteiger partial charge in [-0.2, -0.15) is 0 Å². The second-order valence-electron chi connectivity index (χ2n) is 5.41. The molecule has 2 aliphatic heterocycles. The van der Waals surface area contributed by atoms with E-state index in [-0.39, 0.29) is 28.0 Å². The van der Waals surface area contributed by atoms with Crippen molar-refractivity contribution >= 4 is 27.3 Å². The number of thiophene rings is 1. The Labute approximate surface area is 127 Å². The van der Waals surface area contributed by atoms with E-state index in [9.17, 15) is 13.2 Å². The third-order valence-corrected chi connectivity index (χ3v) is 6.85. The molecule has 1 N–H and O–H groups in total. The van der Waals surface area contributed by atoms with E-state index in [1.54, 1.807) is 12.3 Å². The van der Waals surface area contributed by atoms with E-state index < -0.39 is 16.0 Å². The van der Waals surface area contributed by atoms with Crippen LogP contribution in [-0.2, 0) is 19.5 Å². The van der Waals surface area contributed by atoms with Crippen molar-refractivity contribution in [3.05, 3.63) is 15.8 Å². The monoisotopic (exact) mass is 331 g/mol. The number of ether oxygens (including phenoxy) is 2. The van der Waals surface area contributed by atoms with Gasteiger partial charge in [0.15, 0.2) is 0 Å². The Morgan fingerprint density at radius 3 is 2.81 bits per heavy atom. The molecule has 2 aliphatic rings. The highest BCUT2D eigenvalue weighted by molar-refractivity contribution is 7.89. The Morgan fingerprint density at radius 1 is 1.48 bits per heavy atom. The maximum atomic E-state index is 12.6. The van der Waals surface area contributed by atoms with Crippen LogP contribution in [0.15, 0.2) is 10.3 Å². The summed E-state index contributed by atoms with van der Waals surface area (Å²) in [5, 5.41) is 1.65. The summed E-state index contributed by atoms with van der Waals surface area (Å²) in [4.78, 5) is 11.9. The first kappa shape index (κ1) is 15.0. The maximum Gasteiger partial charge on any atom is 0.349 e. The standard InChI is InChI=1S/C13H17NO5S2/c1-7-6-20-11(13(15)18-2)12(7)21(16,17)14-9-5-8-3-4-10(9)19-8/h6,8-10,14H,3-5H2,1-2H3. The minimum Gasteiger partial charge on any atom is -0.465 e. The Bertz CT molecular complexity index is 666. The largest absolute Gasteiger partial charge is 0.465 e. The van der Waals surface area contributed by atoms with Crippen molar-refractivity contribution in [3.63, 3.8) is 0 Å². The van der Waals surface area contributed by atoms with E-state index in [4.69, 9.17) is 4.74 Å². The number of hydrogen-bond donors (Lipinski definition) is 1. The molecule has 0 amide bonds. The van der Waals surface area contributed by atoms with Gasteiger partial charge in [0.2, 0.25) is 10.0 Å². The van der Waals surface area contributed by atoms with E-state index in [0.717, 1.165) is 24.2 Å². The minimum absolute atomic E-state index is 0.0297. The van der Waals surface area contributed by atoms with Crippen LogP contribution in [0, 0.1) is 6.92 Å². The molecular formula is C13H17NO5S2. The lowest BCUT2D eigenvalue weighted by atomic mass is 9.96. The second-order valence-corrected chi connectivity index (χ2v) is 7.94. The van der Waals surface area contributed by atoms with Crippen molar-refractivity contribution in [1.82, 2.24) is 4.72 Å². The molecule has 21 heavy (non-hydrogen) atoms. The molecule has 3 heterocycles. The smallest absolute Gasteiger partial charge is 0.349 e. The number of aryl methyl sites for hydroxylation is 1. The first-order valence-corrected chi connectivity index (χ1v) is 9.13. The van der Waals surface area contributed by atoms with Crippen LogP contribution >= 0.6 is 11.3 Å². The molecule has 3 rings (SSSR count). The van der Waals surface area contributed by atoms with E-state index in [2.05, 4.69) is 9.46 Å². The molecule has 116 valence electrons. The van der Waals surface area contributed by atoms with Gasteiger partial charge in [-0.1, -0.05) is 0 Å². The molecule has 6 nitrogen and oxygen atoms in total. The number of esters is 1. The number of carbonyl (C=O) groups excluding carboxylic acids is 1. The van der Waals surface area contributed by atoms with E-state index in [0.29, 0.717) is 12.0 Å².